The minimum atomic E-state index is -0.245. The number of amides is 1. The smallest absolute Gasteiger partial charge is 0.245 e. The zero-order valence-corrected chi connectivity index (χ0v) is 13.9. The second-order valence-electron chi connectivity index (χ2n) is 6.11. The molecular formula is C19H22N4O. The summed E-state index contributed by atoms with van der Waals surface area (Å²) in [6.07, 6.45) is 3.83. The average molecular weight is 322 g/mol. The molecule has 0 N–H and O–H groups in total. The number of hydrogen-bond acceptors (Lipinski definition) is 3. The highest BCUT2D eigenvalue weighted by atomic mass is 16.2. The maximum absolute atomic E-state index is 12.6. The Bertz CT molecular complexity index is 697. The predicted octanol–water partition coefficient (Wildman–Crippen LogP) is 2.46. The van der Waals surface area contributed by atoms with Crippen LogP contribution in [0.2, 0.25) is 0 Å². The summed E-state index contributed by atoms with van der Waals surface area (Å²) in [6.45, 7) is 4.69. The number of benzene rings is 1. The Morgan fingerprint density at radius 2 is 1.67 bits per heavy atom. The first-order chi connectivity index (χ1) is 11.7. The van der Waals surface area contributed by atoms with Gasteiger partial charge in [0.05, 0.1) is 6.07 Å². The predicted molar refractivity (Wildman–Crippen MR) is 92.1 cm³/mol. The maximum Gasteiger partial charge on any atom is 0.245 e. The summed E-state index contributed by atoms with van der Waals surface area (Å²) in [5.74, 6) is 0.138. The first-order valence-corrected chi connectivity index (χ1v) is 8.30. The number of rotatable bonds is 4. The lowest BCUT2D eigenvalue weighted by Gasteiger charge is -2.38. The Hall–Kier alpha value is -2.58. The van der Waals surface area contributed by atoms with Gasteiger partial charge in [-0.2, -0.15) is 5.26 Å². The van der Waals surface area contributed by atoms with Crippen LogP contribution < -0.4 is 0 Å². The molecule has 1 saturated heterocycles. The van der Waals surface area contributed by atoms with E-state index in [2.05, 4.69) is 11.0 Å². The molecule has 0 spiro atoms. The Kier molecular flexibility index (Phi) is 4.97. The molecule has 2 atom stereocenters. The van der Waals surface area contributed by atoms with Gasteiger partial charge in [-0.15, -0.1) is 0 Å². The summed E-state index contributed by atoms with van der Waals surface area (Å²) in [6, 6.07) is 15.7. The van der Waals surface area contributed by atoms with E-state index in [-0.39, 0.29) is 18.0 Å². The Balaban J connectivity index is 1.61. The summed E-state index contributed by atoms with van der Waals surface area (Å²) in [7, 11) is 0. The highest BCUT2D eigenvalue weighted by Gasteiger charge is 2.29. The third-order valence-corrected chi connectivity index (χ3v) is 4.66. The number of piperazine rings is 1. The molecule has 124 valence electrons. The molecule has 5 nitrogen and oxygen atoms in total. The highest BCUT2D eigenvalue weighted by Crippen LogP contribution is 2.22. The molecule has 1 amide bonds. The first kappa shape index (κ1) is 16.3. The number of carbonyl (C=O) groups excluding carboxylic acids is 1. The van der Waals surface area contributed by atoms with Gasteiger partial charge in [-0.25, -0.2) is 0 Å². The third kappa shape index (κ3) is 3.34. The maximum atomic E-state index is 12.6. The van der Waals surface area contributed by atoms with Crippen molar-refractivity contribution in [3.63, 3.8) is 0 Å². The zero-order valence-electron chi connectivity index (χ0n) is 13.9. The van der Waals surface area contributed by atoms with E-state index in [4.69, 9.17) is 0 Å². The second kappa shape index (κ2) is 7.33. The van der Waals surface area contributed by atoms with Crippen LogP contribution in [-0.2, 0) is 4.79 Å². The number of carbonyl (C=O) groups is 1. The van der Waals surface area contributed by atoms with Gasteiger partial charge in [0.2, 0.25) is 5.91 Å². The van der Waals surface area contributed by atoms with Gasteiger partial charge < -0.3 is 9.47 Å². The summed E-state index contributed by atoms with van der Waals surface area (Å²) in [5, 5.41) is 9.54. The molecule has 1 aromatic heterocycles. The molecule has 2 aromatic rings. The average Bonchev–Trinajstić information content (AvgIpc) is 3.17. The molecule has 0 bridgehead atoms. The molecule has 1 aliphatic heterocycles. The fourth-order valence-electron chi connectivity index (χ4n) is 3.20. The minimum Gasteiger partial charge on any atom is -0.342 e. The summed E-state index contributed by atoms with van der Waals surface area (Å²) in [5.41, 5.74) is 1.01. The lowest BCUT2D eigenvalue weighted by atomic mass is 10.1. The highest BCUT2D eigenvalue weighted by molar-refractivity contribution is 5.80. The van der Waals surface area contributed by atoms with Crippen molar-refractivity contribution >= 4 is 5.91 Å². The van der Waals surface area contributed by atoms with Crippen LogP contribution in [0.1, 0.15) is 24.6 Å². The number of nitrogens with zero attached hydrogens (tertiary/aromatic N) is 4. The Labute approximate surface area is 142 Å². The summed E-state index contributed by atoms with van der Waals surface area (Å²) < 4.78 is 1.93. The van der Waals surface area contributed by atoms with E-state index in [1.54, 1.807) is 0 Å². The second-order valence-corrected chi connectivity index (χ2v) is 6.11. The molecular weight excluding hydrogens is 300 g/mol. The van der Waals surface area contributed by atoms with E-state index in [1.165, 1.54) is 0 Å². The summed E-state index contributed by atoms with van der Waals surface area (Å²) in [4.78, 5) is 16.7. The normalized spacial score (nSPS) is 17.9. The zero-order chi connectivity index (χ0) is 16.9. The van der Waals surface area contributed by atoms with Gasteiger partial charge in [-0.1, -0.05) is 30.3 Å². The lowest BCUT2D eigenvalue weighted by molar-refractivity contribution is -0.136. The van der Waals surface area contributed by atoms with Crippen LogP contribution in [0.15, 0.2) is 54.9 Å². The van der Waals surface area contributed by atoms with Crippen LogP contribution in [0.4, 0.5) is 0 Å². The fourth-order valence-corrected chi connectivity index (χ4v) is 3.20. The standard InChI is InChI=1S/C19H22N4O/c1-16(21-9-5-6-10-21)19(24)23-13-11-22(12-14-23)18(15-20)17-7-3-2-4-8-17/h2-10,16,18H,11-14H2,1H3/t16-,18-/m1/s1. The van der Waals surface area contributed by atoms with Crippen molar-refractivity contribution in [3.05, 3.63) is 60.4 Å². The molecule has 1 fully saturated rings. The molecule has 0 radical (unpaired) electrons. The van der Waals surface area contributed by atoms with Crippen LogP contribution in [0.5, 0.6) is 0 Å². The van der Waals surface area contributed by atoms with Crippen molar-refractivity contribution in [2.75, 3.05) is 26.2 Å². The van der Waals surface area contributed by atoms with Crippen molar-refractivity contribution in [1.82, 2.24) is 14.4 Å². The molecule has 24 heavy (non-hydrogen) atoms. The van der Waals surface area contributed by atoms with Gasteiger partial charge >= 0.3 is 0 Å². The largest absolute Gasteiger partial charge is 0.342 e. The third-order valence-electron chi connectivity index (χ3n) is 4.66. The Morgan fingerprint density at radius 3 is 2.25 bits per heavy atom. The van der Waals surface area contributed by atoms with Crippen molar-refractivity contribution in [2.24, 2.45) is 0 Å². The molecule has 0 unspecified atom stereocenters. The van der Waals surface area contributed by atoms with E-state index in [0.29, 0.717) is 13.1 Å². The Morgan fingerprint density at radius 1 is 1.04 bits per heavy atom. The SMILES string of the molecule is C[C@H](C(=O)N1CCN([C@H](C#N)c2ccccc2)CC1)n1cccc1. The monoisotopic (exact) mass is 322 g/mol. The molecule has 5 heteroatoms. The quantitative estimate of drug-likeness (QED) is 0.869. The van der Waals surface area contributed by atoms with Crippen LogP contribution >= 0.6 is 0 Å². The lowest BCUT2D eigenvalue weighted by Crippen LogP contribution is -2.50. The van der Waals surface area contributed by atoms with Gasteiger partial charge in [-0.3, -0.25) is 9.69 Å². The van der Waals surface area contributed by atoms with E-state index >= 15 is 0 Å². The van der Waals surface area contributed by atoms with Crippen LogP contribution in [0.25, 0.3) is 0 Å². The minimum absolute atomic E-state index is 0.138. The van der Waals surface area contributed by atoms with E-state index in [0.717, 1.165) is 18.7 Å². The van der Waals surface area contributed by atoms with Crippen molar-refractivity contribution < 1.29 is 4.79 Å². The summed E-state index contributed by atoms with van der Waals surface area (Å²) >= 11 is 0. The molecule has 2 heterocycles. The van der Waals surface area contributed by atoms with Gasteiger partial charge in [0.25, 0.3) is 0 Å². The van der Waals surface area contributed by atoms with Crippen LogP contribution in [0.3, 0.4) is 0 Å². The molecule has 0 aliphatic carbocycles. The fraction of sp³-hybridized carbons (Fsp3) is 0.368. The van der Waals surface area contributed by atoms with E-state index < -0.39 is 0 Å². The molecule has 1 aromatic carbocycles. The topological polar surface area (TPSA) is 52.3 Å². The van der Waals surface area contributed by atoms with Gasteiger partial charge in [0.1, 0.15) is 12.1 Å². The first-order valence-electron chi connectivity index (χ1n) is 8.30. The number of hydrogen-bond donors (Lipinski definition) is 0. The number of aromatic nitrogens is 1. The van der Waals surface area contributed by atoms with E-state index in [9.17, 15) is 10.1 Å². The van der Waals surface area contributed by atoms with E-state index in [1.807, 2.05) is 71.2 Å². The van der Waals surface area contributed by atoms with Gasteiger partial charge in [-0.05, 0) is 24.6 Å². The van der Waals surface area contributed by atoms with Crippen molar-refractivity contribution in [3.8, 4) is 6.07 Å². The van der Waals surface area contributed by atoms with Crippen LogP contribution in [-0.4, -0.2) is 46.5 Å². The number of nitriles is 1. The van der Waals surface area contributed by atoms with Crippen molar-refractivity contribution in [2.45, 2.75) is 19.0 Å². The van der Waals surface area contributed by atoms with Gasteiger partial charge in [0.15, 0.2) is 0 Å². The molecule has 1 aliphatic rings. The van der Waals surface area contributed by atoms with Crippen molar-refractivity contribution in [1.29, 1.82) is 5.26 Å². The van der Waals surface area contributed by atoms with Crippen LogP contribution in [0, 0.1) is 11.3 Å². The van der Waals surface area contributed by atoms with Gasteiger partial charge in [0, 0.05) is 38.6 Å². The molecule has 3 rings (SSSR count). The molecule has 0 saturated carbocycles.